The molecule has 9 nitrogen and oxygen atoms in total. The highest BCUT2D eigenvalue weighted by molar-refractivity contribution is 7.89. The number of nitrogens with two attached hydrogens (primary N) is 2. The normalized spacial score (nSPS) is 15.7. The van der Waals surface area contributed by atoms with E-state index in [2.05, 4.69) is 19.9 Å². The van der Waals surface area contributed by atoms with Gasteiger partial charge in [0.05, 0.1) is 28.7 Å². The van der Waals surface area contributed by atoms with Crippen molar-refractivity contribution in [2.45, 2.75) is 6.42 Å². The summed E-state index contributed by atoms with van der Waals surface area (Å²) in [5.41, 5.74) is 15.2. The molecule has 0 aliphatic carbocycles. The number of sulfonamides is 1. The Morgan fingerprint density at radius 1 is 1.21 bits per heavy atom. The molecule has 1 aromatic carbocycles. The zero-order chi connectivity index (χ0) is 19.7. The van der Waals surface area contributed by atoms with E-state index in [0.717, 1.165) is 16.6 Å². The summed E-state index contributed by atoms with van der Waals surface area (Å²) in [4.78, 5) is 16.7. The van der Waals surface area contributed by atoms with Crippen LogP contribution in [0.15, 0.2) is 36.5 Å². The van der Waals surface area contributed by atoms with Crippen molar-refractivity contribution in [1.82, 2.24) is 24.2 Å². The molecule has 146 valence electrons. The van der Waals surface area contributed by atoms with Gasteiger partial charge in [-0.05, 0) is 24.1 Å². The molecule has 0 amide bonds. The first kappa shape index (κ1) is 18.5. The third-order valence-corrected chi connectivity index (χ3v) is 6.55. The van der Waals surface area contributed by atoms with Crippen molar-refractivity contribution in [3.05, 3.63) is 42.2 Å². The highest BCUT2D eigenvalue weighted by Gasteiger charge is 2.24. The summed E-state index contributed by atoms with van der Waals surface area (Å²) in [6, 6.07) is 7.67. The van der Waals surface area contributed by atoms with Gasteiger partial charge >= 0.3 is 0 Å². The fourth-order valence-corrected chi connectivity index (χ4v) is 4.43. The van der Waals surface area contributed by atoms with Gasteiger partial charge in [0, 0.05) is 19.6 Å². The topological polar surface area (TPSA) is 144 Å². The molecule has 4 rings (SSSR count). The Balaban J connectivity index is 1.63. The quantitative estimate of drug-likeness (QED) is 0.580. The van der Waals surface area contributed by atoms with Gasteiger partial charge in [-0.1, -0.05) is 18.2 Å². The van der Waals surface area contributed by atoms with E-state index in [1.54, 1.807) is 6.20 Å². The fraction of sp³-hybridized carbons (Fsp3) is 0.278. The average molecular weight is 399 g/mol. The van der Waals surface area contributed by atoms with Crippen molar-refractivity contribution in [2.24, 2.45) is 5.73 Å². The Labute approximate surface area is 162 Å². The molecule has 0 radical (unpaired) electrons. The van der Waals surface area contributed by atoms with Gasteiger partial charge in [0.25, 0.3) is 0 Å². The smallest absolute Gasteiger partial charge is 0.215 e. The Morgan fingerprint density at radius 3 is 2.75 bits per heavy atom. The lowest BCUT2D eigenvalue weighted by molar-refractivity contribution is 0.441. The molecule has 0 bridgehead atoms. The van der Waals surface area contributed by atoms with E-state index in [1.807, 2.05) is 30.3 Å². The van der Waals surface area contributed by atoms with E-state index in [-0.39, 0.29) is 18.1 Å². The monoisotopic (exact) mass is 399 g/mol. The zero-order valence-corrected chi connectivity index (χ0v) is 16.0. The molecule has 5 N–H and O–H groups in total. The third-order valence-electron chi connectivity index (χ3n) is 4.68. The largest absolute Gasteiger partial charge is 0.382 e. The Kier molecular flexibility index (Phi) is 4.84. The lowest BCUT2D eigenvalue weighted by atomic mass is 10.1. The van der Waals surface area contributed by atoms with Gasteiger partial charge in [0.15, 0.2) is 11.6 Å². The molecule has 3 aromatic rings. The first-order valence-corrected chi connectivity index (χ1v) is 10.5. The first-order chi connectivity index (χ1) is 13.5. The Hall–Kier alpha value is -2.82. The van der Waals surface area contributed by atoms with Gasteiger partial charge in [-0.25, -0.2) is 23.4 Å². The number of hydrogen-bond acceptors (Lipinski definition) is 7. The molecule has 2 aromatic heterocycles. The Bertz CT molecular complexity index is 1120. The van der Waals surface area contributed by atoms with Crippen LogP contribution in [0.4, 0.5) is 5.82 Å². The van der Waals surface area contributed by atoms with Crippen LogP contribution in [0.5, 0.6) is 0 Å². The van der Waals surface area contributed by atoms with Crippen LogP contribution in [0.3, 0.4) is 0 Å². The number of H-pyrrole nitrogens is 1. The molecule has 0 unspecified atom stereocenters. The number of aromatic nitrogens is 4. The summed E-state index contributed by atoms with van der Waals surface area (Å²) >= 11 is 0. The SMILES string of the molecule is NCCS(=O)(=O)N1CC=C(c2cnc(N)c(-c3nc4ccccc4[nH]3)n2)CC1. The predicted molar refractivity (Wildman–Crippen MR) is 109 cm³/mol. The lowest BCUT2D eigenvalue weighted by Gasteiger charge is -2.25. The van der Waals surface area contributed by atoms with Crippen LogP contribution in [0, 0.1) is 0 Å². The number of nitrogen functional groups attached to an aromatic ring is 1. The van der Waals surface area contributed by atoms with Crippen molar-refractivity contribution in [1.29, 1.82) is 0 Å². The van der Waals surface area contributed by atoms with Crippen LogP contribution in [0.2, 0.25) is 0 Å². The minimum atomic E-state index is -3.32. The molecule has 3 heterocycles. The zero-order valence-electron chi connectivity index (χ0n) is 15.2. The number of aromatic amines is 1. The summed E-state index contributed by atoms with van der Waals surface area (Å²) in [5.74, 6) is 0.789. The van der Waals surface area contributed by atoms with Crippen LogP contribution in [0.25, 0.3) is 28.1 Å². The molecule has 0 fully saturated rings. The van der Waals surface area contributed by atoms with E-state index < -0.39 is 10.0 Å². The number of nitrogens with one attached hydrogen (secondary N) is 1. The van der Waals surface area contributed by atoms with Crippen LogP contribution in [0.1, 0.15) is 12.1 Å². The van der Waals surface area contributed by atoms with Crippen LogP contribution >= 0.6 is 0 Å². The van der Waals surface area contributed by atoms with Gasteiger partial charge in [0.1, 0.15) is 5.69 Å². The van der Waals surface area contributed by atoms with Crippen molar-refractivity contribution in [3.63, 3.8) is 0 Å². The van der Waals surface area contributed by atoms with Crippen molar-refractivity contribution < 1.29 is 8.42 Å². The minimum absolute atomic E-state index is 0.0476. The van der Waals surface area contributed by atoms with E-state index in [9.17, 15) is 8.42 Å². The second-order valence-corrected chi connectivity index (χ2v) is 8.62. The third kappa shape index (κ3) is 3.49. The molecule has 1 aliphatic rings. The molecule has 0 saturated heterocycles. The minimum Gasteiger partial charge on any atom is -0.382 e. The van der Waals surface area contributed by atoms with Crippen molar-refractivity contribution in [2.75, 3.05) is 31.1 Å². The van der Waals surface area contributed by atoms with Crippen molar-refractivity contribution >= 4 is 32.4 Å². The maximum atomic E-state index is 12.2. The number of hydrogen-bond donors (Lipinski definition) is 3. The number of fused-ring (bicyclic) bond motifs is 1. The second kappa shape index (κ2) is 7.30. The van der Waals surface area contributed by atoms with Crippen LogP contribution in [-0.2, 0) is 10.0 Å². The lowest BCUT2D eigenvalue weighted by Crippen LogP contribution is -2.38. The molecule has 0 spiro atoms. The maximum Gasteiger partial charge on any atom is 0.215 e. The maximum absolute atomic E-state index is 12.2. The Morgan fingerprint density at radius 2 is 2.04 bits per heavy atom. The van der Waals surface area contributed by atoms with E-state index in [0.29, 0.717) is 36.7 Å². The standard InChI is InChI=1S/C18H21N7O2S/c19-7-10-28(26,27)25-8-5-12(6-9-25)15-11-21-17(20)16(22-15)18-23-13-3-1-2-4-14(13)24-18/h1-5,11H,6-10,19H2,(H2,20,21)(H,23,24). The van der Waals surface area contributed by atoms with Crippen LogP contribution < -0.4 is 11.5 Å². The predicted octanol–water partition coefficient (Wildman–Crippen LogP) is 0.980. The van der Waals surface area contributed by atoms with E-state index in [1.165, 1.54) is 4.31 Å². The summed E-state index contributed by atoms with van der Waals surface area (Å²) < 4.78 is 25.8. The molecule has 28 heavy (non-hydrogen) atoms. The molecule has 10 heteroatoms. The molecule has 0 saturated carbocycles. The average Bonchev–Trinajstić information content (AvgIpc) is 3.12. The molecule has 1 aliphatic heterocycles. The number of rotatable bonds is 5. The number of benzene rings is 1. The number of para-hydroxylation sites is 2. The number of nitrogens with zero attached hydrogens (tertiary/aromatic N) is 4. The first-order valence-electron chi connectivity index (χ1n) is 8.93. The van der Waals surface area contributed by atoms with Gasteiger partial charge in [-0.3, -0.25) is 0 Å². The summed E-state index contributed by atoms with van der Waals surface area (Å²) in [7, 11) is -3.32. The second-order valence-electron chi connectivity index (χ2n) is 6.53. The van der Waals surface area contributed by atoms with Gasteiger partial charge < -0.3 is 16.5 Å². The summed E-state index contributed by atoms with van der Waals surface area (Å²) in [6.45, 7) is 0.795. The highest BCUT2D eigenvalue weighted by Crippen LogP contribution is 2.27. The van der Waals surface area contributed by atoms with E-state index >= 15 is 0 Å². The molecule has 0 atom stereocenters. The number of anilines is 1. The highest BCUT2D eigenvalue weighted by atomic mass is 32.2. The molecular formula is C18H21N7O2S. The molecular weight excluding hydrogens is 378 g/mol. The van der Waals surface area contributed by atoms with E-state index in [4.69, 9.17) is 11.5 Å². The van der Waals surface area contributed by atoms with Gasteiger partial charge in [0.2, 0.25) is 10.0 Å². The van der Waals surface area contributed by atoms with Gasteiger partial charge in [-0.15, -0.1) is 0 Å². The summed E-state index contributed by atoms with van der Waals surface area (Å²) in [5, 5.41) is 0. The van der Waals surface area contributed by atoms with Crippen LogP contribution in [-0.4, -0.2) is 58.0 Å². The summed E-state index contributed by atoms with van der Waals surface area (Å²) in [6.07, 6.45) is 4.01. The van der Waals surface area contributed by atoms with Gasteiger partial charge in [-0.2, -0.15) is 4.31 Å². The fourth-order valence-electron chi connectivity index (χ4n) is 3.21. The number of imidazole rings is 1. The van der Waals surface area contributed by atoms with Crippen molar-refractivity contribution in [3.8, 4) is 11.5 Å².